The van der Waals surface area contributed by atoms with E-state index in [1.165, 1.54) is 24.0 Å². The number of aryl methyl sites for hydroxylation is 2. The Morgan fingerprint density at radius 2 is 1.87 bits per heavy atom. The van der Waals surface area contributed by atoms with E-state index >= 15 is 0 Å². The van der Waals surface area contributed by atoms with E-state index in [2.05, 4.69) is 39.1 Å². The van der Waals surface area contributed by atoms with Gasteiger partial charge in [-0.25, -0.2) is 0 Å². The van der Waals surface area contributed by atoms with Crippen molar-refractivity contribution in [3.8, 4) is 0 Å². The van der Waals surface area contributed by atoms with E-state index in [9.17, 15) is 0 Å². The van der Waals surface area contributed by atoms with E-state index in [1.807, 2.05) is 6.07 Å². The highest BCUT2D eigenvalue weighted by atomic mass is 14.9. The molecule has 0 fully saturated rings. The maximum absolute atomic E-state index is 5.97. The van der Waals surface area contributed by atoms with Crippen molar-refractivity contribution in [1.29, 1.82) is 0 Å². The second-order valence-corrected chi connectivity index (χ2v) is 4.36. The summed E-state index contributed by atoms with van der Waals surface area (Å²) in [7, 11) is 0. The minimum atomic E-state index is 0.486. The average Bonchev–Trinajstić information content (AvgIpc) is 2.14. The van der Waals surface area contributed by atoms with Crippen LogP contribution in [0, 0.1) is 13.8 Å². The molecular formula is C13H22N2. The summed E-state index contributed by atoms with van der Waals surface area (Å²) in [6.45, 7) is 8.59. The largest absolute Gasteiger partial charge is 0.397 e. The molecule has 0 heterocycles. The van der Waals surface area contributed by atoms with Gasteiger partial charge >= 0.3 is 0 Å². The molecule has 0 aliphatic heterocycles. The maximum Gasteiger partial charge on any atom is 0.0578 e. The van der Waals surface area contributed by atoms with E-state index in [-0.39, 0.29) is 0 Å². The van der Waals surface area contributed by atoms with Crippen LogP contribution in [0.25, 0.3) is 0 Å². The maximum atomic E-state index is 5.97. The van der Waals surface area contributed by atoms with Gasteiger partial charge in [-0.15, -0.1) is 0 Å². The van der Waals surface area contributed by atoms with Crippen LogP contribution in [0.5, 0.6) is 0 Å². The molecule has 1 unspecified atom stereocenters. The number of nitrogens with one attached hydrogen (secondary N) is 1. The fourth-order valence-corrected chi connectivity index (χ4v) is 1.73. The monoisotopic (exact) mass is 206 g/mol. The van der Waals surface area contributed by atoms with Crippen molar-refractivity contribution < 1.29 is 0 Å². The van der Waals surface area contributed by atoms with Gasteiger partial charge in [-0.3, -0.25) is 0 Å². The lowest BCUT2D eigenvalue weighted by atomic mass is 10.1. The van der Waals surface area contributed by atoms with Gasteiger partial charge in [0.05, 0.1) is 11.4 Å². The third-order valence-corrected chi connectivity index (χ3v) is 2.79. The number of nitrogen functional groups attached to an aromatic ring is 1. The van der Waals surface area contributed by atoms with Gasteiger partial charge < -0.3 is 11.1 Å². The smallest absolute Gasteiger partial charge is 0.0578 e. The molecule has 2 heteroatoms. The SMILES string of the molecule is CCCC(C)Nc1cc(C)c(C)cc1N. The fraction of sp³-hybridized carbons (Fsp3) is 0.538. The Morgan fingerprint density at radius 3 is 2.47 bits per heavy atom. The van der Waals surface area contributed by atoms with Crippen molar-refractivity contribution >= 4 is 11.4 Å². The topological polar surface area (TPSA) is 38.0 Å². The first kappa shape index (κ1) is 11.9. The Hall–Kier alpha value is -1.18. The first-order chi connectivity index (χ1) is 7.04. The number of anilines is 2. The Bertz CT molecular complexity index is 332. The molecule has 1 aromatic rings. The van der Waals surface area contributed by atoms with Gasteiger partial charge in [0.25, 0.3) is 0 Å². The zero-order valence-corrected chi connectivity index (χ0v) is 10.2. The Labute approximate surface area is 92.9 Å². The molecule has 1 atom stereocenters. The van der Waals surface area contributed by atoms with Crippen LogP contribution >= 0.6 is 0 Å². The fourth-order valence-electron chi connectivity index (χ4n) is 1.73. The van der Waals surface area contributed by atoms with Gasteiger partial charge in [-0.1, -0.05) is 13.3 Å². The van der Waals surface area contributed by atoms with Crippen LogP contribution < -0.4 is 11.1 Å². The first-order valence-electron chi connectivity index (χ1n) is 5.67. The van der Waals surface area contributed by atoms with E-state index in [0.29, 0.717) is 6.04 Å². The van der Waals surface area contributed by atoms with Gasteiger partial charge in [0.15, 0.2) is 0 Å². The number of benzene rings is 1. The highest BCUT2D eigenvalue weighted by molar-refractivity contribution is 5.68. The summed E-state index contributed by atoms with van der Waals surface area (Å²) in [5.74, 6) is 0. The van der Waals surface area contributed by atoms with Gasteiger partial charge in [0.1, 0.15) is 0 Å². The molecule has 2 nitrogen and oxygen atoms in total. The highest BCUT2D eigenvalue weighted by Gasteiger charge is 2.05. The second-order valence-electron chi connectivity index (χ2n) is 4.36. The summed E-state index contributed by atoms with van der Waals surface area (Å²) < 4.78 is 0. The van der Waals surface area contributed by atoms with Crippen LogP contribution in [-0.2, 0) is 0 Å². The molecule has 0 aliphatic rings. The molecular weight excluding hydrogens is 184 g/mol. The Kier molecular flexibility index (Phi) is 4.01. The summed E-state index contributed by atoms with van der Waals surface area (Å²) >= 11 is 0. The molecule has 0 saturated carbocycles. The minimum Gasteiger partial charge on any atom is -0.397 e. The predicted octanol–water partition coefficient (Wildman–Crippen LogP) is 3.49. The van der Waals surface area contributed by atoms with Crippen molar-refractivity contribution in [1.82, 2.24) is 0 Å². The number of hydrogen-bond donors (Lipinski definition) is 2. The van der Waals surface area contributed by atoms with Crippen LogP contribution in [0.15, 0.2) is 12.1 Å². The van der Waals surface area contributed by atoms with E-state index in [0.717, 1.165) is 11.4 Å². The highest BCUT2D eigenvalue weighted by Crippen LogP contribution is 2.24. The molecule has 0 radical (unpaired) electrons. The third-order valence-electron chi connectivity index (χ3n) is 2.79. The summed E-state index contributed by atoms with van der Waals surface area (Å²) in [5.41, 5.74) is 10.4. The third kappa shape index (κ3) is 3.15. The molecule has 0 amide bonds. The summed E-state index contributed by atoms with van der Waals surface area (Å²) in [4.78, 5) is 0. The summed E-state index contributed by atoms with van der Waals surface area (Å²) in [6, 6.07) is 4.66. The molecule has 1 rings (SSSR count). The molecule has 0 aliphatic carbocycles. The summed E-state index contributed by atoms with van der Waals surface area (Å²) in [5, 5.41) is 3.45. The van der Waals surface area contributed by atoms with E-state index in [1.54, 1.807) is 0 Å². The van der Waals surface area contributed by atoms with Crippen LogP contribution in [0.1, 0.15) is 37.8 Å². The Balaban J connectivity index is 2.81. The quantitative estimate of drug-likeness (QED) is 0.740. The lowest BCUT2D eigenvalue weighted by molar-refractivity contribution is 0.690. The molecule has 15 heavy (non-hydrogen) atoms. The van der Waals surface area contributed by atoms with Gasteiger partial charge in [0.2, 0.25) is 0 Å². The van der Waals surface area contributed by atoms with Crippen molar-refractivity contribution in [2.45, 2.75) is 46.6 Å². The average molecular weight is 206 g/mol. The van der Waals surface area contributed by atoms with Gasteiger partial charge in [-0.05, 0) is 50.5 Å². The Morgan fingerprint density at radius 1 is 1.27 bits per heavy atom. The van der Waals surface area contributed by atoms with Crippen molar-refractivity contribution in [2.24, 2.45) is 0 Å². The first-order valence-corrected chi connectivity index (χ1v) is 5.67. The van der Waals surface area contributed by atoms with Crippen molar-refractivity contribution in [3.05, 3.63) is 23.3 Å². The molecule has 0 bridgehead atoms. The zero-order valence-electron chi connectivity index (χ0n) is 10.2. The van der Waals surface area contributed by atoms with Gasteiger partial charge in [0, 0.05) is 6.04 Å². The van der Waals surface area contributed by atoms with E-state index < -0.39 is 0 Å². The molecule has 0 spiro atoms. The number of nitrogens with two attached hydrogens (primary N) is 1. The molecule has 1 aromatic carbocycles. The lowest BCUT2D eigenvalue weighted by Crippen LogP contribution is -2.15. The number of hydrogen-bond acceptors (Lipinski definition) is 2. The van der Waals surface area contributed by atoms with Gasteiger partial charge in [-0.2, -0.15) is 0 Å². The number of rotatable bonds is 4. The molecule has 0 saturated heterocycles. The van der Waals surface area contributed by atoms with Crippen LogP contribution in [0.3, 0.4) is 0 Å². The lowest BCUT2D eigenvalue weighted by Gasteiger charge is -2.17. The van der Waals surface area contributed by atoms with Crippen LogP contribution in [-0.4, -0.2) is 6.04 Å². The van der Waals surface area contributed by atoms with Crippen LogP contribution in [0.2, 0.25) is 0 Å². The van der Waals surface area contributed by atoms with Crippen LogP contribution in [0.4, 0.5) is 11.4 Å². The zero-order chi connectivity index (χ0) is 11.4. The standard InChI is InChI=1S/C13H22N2/c1-5-6-11(4)15-13-8-10(3)9(2)7-12(13)14/h7-8,11,15H,5-6,14H2,1-4H3. The molecule has 3 N–H and O–H groups in total. The minimum absolute atomic E-state index is 0.486. The van der Waals surface area contributed by atoms with Crippen molar-refractivity contribution in [2.75, 3.05) is 11.1 Å². The molecule has 0 aromatic heterocycles. The molecule has 84 valence electrons. The van der Waals surface area contributed by atoms with Crippen molar-refractivity contribution in [3.63, 3.8) is 0 Å². The summed E-state index contributed by atoms with van der Waals surface area (Å²) in [6.07, 6.45) is 2.37. The second kappa shape index (κ2) is 5.06. The van der Waals surface area contributed by atoms with E-state index in [4.69, 9.17) is 5.73 Å². The predicted molar refractivity (Wildman–Crippen MR) is 68.3 cm³/mol. The normalized spacial score (nSPS) is 12.5.